The van der Waals surface area contributed by atoms with Crippen molar-refractivity contribution in [3.63, 3.8) is 0 Å². The molecule has 1 atom stereocenters. The van der Waals surface area contributed by atoms with Crippen LogP contribution in [0.2, 0.25) is 0 Å². The Morgan fingerprint density at radius 1 is 1.32 bits per heavy atom. The molecule has 2 aromatic rings. The highest BCUT2D eigenvalue weighted by atomic mass is 16.5. The van der Waals surface area contributed by atoms with Gasteiger partial charge in [-0.3, -0.25) is 9.48 Å². The molecule has 6 heteroatoms. The second-order valence-electron chi connectivity index (χ2n) is 6.10. The number of rotatable bonds is 9. The summed E-state index contributed by atoms with van der Waals surface area (Å²) in [7, 11) is 1.63. The van der Waals surface area contributed by atoms with E-state index < -0.39 is 6.10 Å². The normalized spacial score (nSPS) is 12.0. The third kappa shape index (κ3) is 5.90. The van der Waals surface area contributed by atoms with Crippen molar-refractivity contribution in [1.29, 1.82) is 0 Å². The van der Waals surface area contributed by atoms with Crippen molar-refractivity contribution in [2.45, 2.75) is 46.4 Å². The molecule has 0 aliphatic rings. The molecule has 0 aliphatic carbocycles. The van der Waals surface area contributed by atoms with Crippen LogP contribution in [0.3, 0.4) is 0 Å². The van der Waals surface area contributed by atoms with Crippen LogP contribution in [0.1, 0.15) is 30.3 Å². The molecule has 1 heterocycles. The number of ether oxygens (including phenoxy) is 2. The Bertz CT molecular complexity index is 697. The van der Waals surface area contributed by atoms with E-state index in [-0.39, 0.29) is 5.91 Å². The van der Waals surface area contributed by atoms with E-state index in [1.165, 1.54) is 0 Å². The average molecular weight is 345 g/mol. The van der Waals surface area contributed by atoms with Crippen LogP contribution in [-0.2, 0) is 22.7 Å². The van der Waals surface area contributed by atoms with Crippen molar-refractivity contribution < 1.29 is 14.3 Å². The Labute approximate surface area is 149 Å². The van der Waals surface area contributed by atoms with Crippen molar-refractivity contribution in [2.75, 3.05) is 13.7 Å². The van der Waals surface area contributed by atoms with Crippen LogP contribution in [0.25, 0.3) is 0 Å². The fourth-order valence-electron chi connectivity index (χ4n) is 2.54. The van der Waals surface area contributed by atoms with Crippen molar-refractivity contribution in [1.82, 2.24) is 15.1 Å². The lowest BCUT2D eigenvalue weighted by Gasteiger charge is -2.14. The quantitative estimate of drug-likeness (QED) is 0.710. The molecule has 0 saturated heterocycles. The van der Waals surface area contributed by atoms with Gasteiger partial charge in [-0.1, -0.05) is 12.1 Å². The molecule has 1 aromatic carbocycles. The topological polar surface area (TPSA) is 65.4 Å². The van der Waals surface area contributed by atoms with Gasteiger partial charge >= 0.3 is 0 Å². The number of hydrogen-bond donors (Lipinski definition) is 1. The summed E-state index contributed by atoms with van der Waals surface area (Å²) in [6.07, 6.45) is 0.330. The zero-order chi connectivity index (χ0) is 18.2. The monoisotopic (exact) mass is 345 g/mol. The van der Waals surface area contributed by atoms with Crippen LogP contribution in [0, 0.1) is 13.8 Å². The lowest BCUT2D eigenvalue weighted by molar-refractivity contribution is -0.132. The number of hydrogen-bond acceptors (Lipinski definition) is 4. The van der Waals surface area contributed by atoms with Gasteiger partial charge in [-0.15, -0.1) is 0 Å². The highest BCUT2D eigenvalue weighted by Crippen LogP contribution is 2.13. The van der Waals surface area contributed by atoms with Gasteiger partial charge in [-0.2, -0.15) is 5.10 Å². The first-order valence-electron chi connectivity index (χ1n) is 8.53. The summed E-state index contributed by atoms with van der Waals surface area (Å²) in [6.45, 7) is 7.54. The van der Waals surface area contributed by atoms with E-state index in [4.69, 9.17) is 9.47 Å². The molecular formula is C19H27N3O3. The van der Waals surface area contributed by atoms with E-state index in [1.54, 1.807) is 14.0 Å². The molecule has 136 valence electrons. The third-order valence-corrected chi connectivity index (χ3v) is 3.95. The average Bonchev–Trinajstić information content (AvgIpc) is 2.93. The summed E-state index contributed by atoms with van der Waals surface area (Å²) in [4.78, 5) is 12.1. The lowest BCUT2D eigenvalue weighted by atomic mass is 10.2. The van der Waals surface area contributed by atoms with E-state index in [9.17, 15) is 4.79 Å². The zero-order valence-corrected chi connectivity index (χ0v) is 15.4. The fraction of sp³-hybridized carbons (Fsp3) is 0.474. The molecule has 0 radical (unpaired) electrons. The number of carbonyl (C=O) groups excluding carboxylic acids is 1. The van der Waals surface area contributed by atoms with Gasteiger partial charge in [0.05, 0.1) is 19.4 Å². The van der Waals surface area contributed by atoms with Gasteiger partial charge in [0.25, 0.3) is 0 Å². The van der Waals surface area contributed by atoms with Crippen LogP contribution in [0.5, 0.6) is 5.75 Å². The van der Waals surface area contributed by atoms with Crippen LogP contribution in [-0.4, -0.2) is 35.4 Å². The number of nitrogens with one attached hydrogen (secondary N) is 1. The van der Waals surface area contributed by atoms with E-state index in [0.717, 1.165) is 35.7 Å². The largest absolute Gasteiger partial charge is 0.497 e. The van der Waals surface area contributed by atoms with Crippen LogP contribution < -0.4 is 10.1 Å². The van der Waals surface area contributed by atoms with Crippen LogP contribution in [0.4, 0.5) is 0 Å². The van der Waals surface area contributed by atoms with Crippen molar-refractivity contribution in [2.24, 2.45) is 0 Å². The summed E-state index contributed by atoms with van der Waals surface area (Å²) >= 11 is 0. The first-order valence-corrected chi connectivity index (χ1v) is 8.53. The first kappa shape index (κ1) is 19.0. The summed E-state index contributed by atoms with van der Waals surface area (Å²) < 4.78 is 12.8. The maximum atomic E-state index is 12.1. The minimum atomic E-state index is -0.500. The number of aryl methyl sites for hydroxylation is 3. The Balaban J connectivity index is 1.68. The van der Waals surface area contributed by atoms with E-state index in [1.807, 2.05) is 48.9 Å². The van der Waals surface area contributed by atoms with Crippen LogP contribution in [0.15, 0.2) is 30.3 Å². The first-order chi connectivity index (χ1) is 12.0. The predicted octanol–water partition coefficient (Wildman–Crippen LogP) is 2.62. The molecule has 0 aliphatic heterocycles. The van der Waals surface area contributed by atoms with Gasteiger partial charge in [0.15, 0.2) is 0 Å². The molecule has 1 unspecified atom stereocenters. The summed E-state index contributed by atoms with van der Waals surface area (Å²) in [5, 5.41) is 7.32. The minimum absolute atomic E-state index is 0.101. The SMILES string of the molecule is COc1cccc(COC(C)C(=O)NCCCn2nc(C)cc2C)c1. The fourth-order valence-corrected chi connectivity index (χ4v) is 2.54. The van der Waals surface area contributed by atoms with Gasteiger partial charge in [0.2, 0.25) is 5.91 Å². The lowest BCUT2D eigenvalue weighted by Crippen LogP contribution is -2.35. The standard InChI is InChI=1S/C19H27N3O3/c1-14-11-15(2)22(21-14)10-6-9-20-19(23)16(3)25-13-17-7-5-8-18(12-17)24-4/h5,7-8,11-12,16H,6,9-10,13H2,1-4H3,(H,20,23). The van der Waals surface area contributed by atoms with Gasteiger partial charge in [0.1, 0.15) is 11.9 Å². The summed E-state index contributed by atoms with van der Waals surface area (Å²) in [5.41, 5.74) is 3.13. The maximum Gasteiger partial charge on any atom is 0.248 e. The number of benzene rings is 1. The maximum absolute atomic E-state index is 12.1. The molecule has 0 bridgehead atoms. The van der Waals surface area contributed by atoms with Gasteiger partial charge in [-0.25, -0.2) is 0 Å². The molecule has 0 saturated carbocycles. The van der Waals surface area contributed by atoms with E-state index in [2.05, 4.69) is 10.4 Å². The van der Waals surface area contributed by atoms with E-state index in [0.29, 0.717) is 13.2 Å². The third-order valence-electron chi connectivity index (χ3n) is 3.95. The second kappa shape index (κ2) is 9.22. The number of aromatic nitrogens is 2. The smallest absolute Gasteiger partial charge is 0.248 e. The number of amides is 1. The van der Waals surface area contributed by atoms with Gasteiger partial charge in [-0.05, 0) is 51.0 Å². The minimum Gasteiger partial charge on any atom is -0.497 e. The van der Waals surface area contributed by atoms with Crippen molar-refractivity contribution in [3.8, 4) is 5.75 Å². The summed E-state index contributed by atoms with van der Waals surface area (Å²) in [6, 6.07) is 9.68. The van der Waals surface area contributed by atoms with Crippen LogP contribution >= 0.6 is 0 Å². The molecule has 25 heavy (non-hydrogen) atoms. The molecule has 6 nitrogen and oxygen atoms in total. The molecule has 1 N–H and O–H groups in total. The molecule has 0 fully saturated rings. The Morgan fingerprint density at radius 3 is 2.80 bits per heavy atom. The predicted molar refractivity (Wildman–Crippen MR) is 96.6 cm³/mol. The van der Waals surface area contributed by atoms with Crippen molar-refractivity contribution in [3.05, 3.63) is 47.3 Å². The van der Waals surface area contributed by atoms with Gasteiger partial charge < -0.3 is 14.8 Å². The Morgan fingerprint density at radius 2 is 2.12 bits per heavy atom. The molecular weight excluding hydrogens is 318 g/mol. The number of carbonyl (C=O) groups is 1. The molecule has 1 amide bonds. The Kier molecular flexibility index (Phi) is 7.01. The summed E-state index contributed by atoms with van der Waals surface area (Å²) in [5.74, 6) is 0.679. The Hall–Kier alpha value is -2.34. The highest BCUT2D eigenvalue weighted by molar-refractivity contribution is 5.80. The number of methoxy groups -OCH3 is 1. The molecule has 0 spiro atoms. The molecule has 2 rings (SSSR count). The zero-order valence-electron chi connectivity index (χ0n) is 15.4. The second-order valence-corrected chi connectivity index (χ2v) is 6.10. The van der Waals surface area contributed by atoms with Crippen molar-refractivity contribution >= 4 is 5.91 Å². The van der Waals surface area contributed by atoms with Gasteiger partial charge in [0, 0.05) is 18.8 Å². The van der Waals surface area contributed by atoms with E-state index >= 15 is 0 Å². The highest BCUT2D eigenvalue weighted by Gasteiger charge is 2.13. The molecule has 1 aromatic heterocycles. The number of nitrogens with zero attached hydrogens (tertiary/aromatic N) is 2.